The van der Waals surface area contributed by atoms with Crippen molar-refractivity contribution in [2.45, 2.75) is 407 Å². The van der Waals surface area contributed by atoms with Gasteiger partial charge in [-0.25, -0.2) is 0 Å². The Morgan fingerprint density at radius 3 is 1.09 bits per heavy atom. The normalized spacial score (nSPS) is 44.6. The van der Waals surface area contributed by atoms with Crippen molar-refractivity contribution in [1.29, 1.82) is 0 Å². The van der Waals surface area contributed by atoms with Gasteiger partial charge in [0.1, 0.15) is 207 Å². The van der Waals surface area contributed by atoms with E-state index >= 15 is 0 Å². The second-order valence-corrected chi connectivity index (χ2v) is 33.8. The van der Waals surface area contributed by atoms with Crippen LogP contribution < -0.4 is 21.3 Å². The molecule has 4 amide bonds. The zero-order valence-corrected chi connectivity index (χ0v) is 72.2. The van der Waals surface area contributed by atoms with Gasteiger partial charge in [-0.3, -0.25) is 19.2 Å². The van der Waals surface area contributed by atoms with Gasteiger partial charge in [-0.05, 0) is 26.7 Å². The summed E-state index contributed by atoms with van der Waals surface area (Å²) < 4.78 is 110. The van der Waals surface area contributed by atoms with Crippen molar-refractivity contribution in [3.63, 3.8) is 0 Å². The largest absolute Gasteiger partial charge is 0.394 e. The van der Waals surface area contributed by atoms with E-state index in [-0.39, 0.29) is 0 Å². The molecule has 9 saturated heterocycles. The number of aliphatic hydroxyl groups is 24. The van der Waals surface area contributed by atoms with Gasteiger partial charge in [0.05, 0.1) is 77.2 Å². The van der Waals surface area contributed by atoms with Crippen molar-refractivity contribution in [3.05, 3.63) is 12.2 Å². The van der Waals surface area contributed by atoms with Crippen LogP contribution in [0.1, 0.15) is 119 Å². The minimum absolute atomic E-state index is 0.310. The Labute approximate surface area is 741 Å². The lowest BCUT2D eigenvalue weighted by Gasteiger charge is -2.52. The molecular weight excluding hydrogens is 1740 g/mol. The van der Waals surface area contributed by atoms with E-state index in [0.717, 1.165) is 52.9 Å². The quantitative estimate of drug-likeness (QED) is 0.0153. The van der Waals surface area contributed by atoms with E-state index in [2.05, 4.69) is 28.2 Å². The number of unbranched alkanes of at least 4 members (excludes halogenated alkanes) is 11. The number of rotatable bonds is 45. The van der Waals surface area contributed by atoms with Crippen molar-refractivity contribution >= 4 is 24.1 Å². The minimum Gasteiger partial charge on any atom is -0.394 e. The average Bonchev–Trinajstić information content (AvgIpc) is 0.754. The molecular formula is C79H136N4O46. The van der Waals surface area contributed by atoms with Crippen molar-refractivity contribution in [3.8, 4) is 0 Å². The zero-order valence-electron chi connectivity index (χ0n) is 72.2. The first-order valence-electron chi connectivity index (χ1n) is 43.7. The van der Waals surface area contributed by atoms with Crippen LogP contribution in [-0.2, 0) is 104 Å². The van der Waals surface area contributed by atoms with Gasteiger partial charge in [0.25, 0.3) is 0 Å². The van der Waals surface area contributed by atoms with Crippen LogP contribution in [0.4, 0.5) is 0 Å². The van der Waals surface area contributed by atoms with Crippen molar-refractivity contribution in [2.75, 3.05) is 52.9 Å². The van der Waals surface area contributed by atoms with Gasteiger partial charge >= 0.3 is 0 Å². The Hall–Kier alpha value is -4.06. The molecule has 0 aromatic carbocycles. The van der Waals surface area contributed by atoms with Crippen LogP contribution in [0.2, 0.25) is 0 Å². The summed E-state index contributed by atoms with van der Waals surface area (Å²) in [5.74, 6) is -2.88. The van der Waals surface area contributed by atoms with E-state index in [4.69, 9.17) is 85.3 Å². The Balaban J connectivity index is 0.973. The summed E-state index contributed by atoms with van der Waals surface area (Å²) in [4.78, 5) is 51.4. The molecule has 28 N–H and O–H groups in total. The second kappa shape index (κ2) is 51.4. The summed E-state index contributed by atoms with van der Waals surface area (Å²) in [5, 5.41) is 282. The number of hydrogen-bond acceptors (Lipinski definition) is 46. The van der Waals surface area contributed by atoms with Crippen LogP contribution in [0, 0.1) is 0 Å². The topological polar surface area (TPSA) is 768 Å². The highest BCUT2D eigenvalue weighted by atomic mass is 16.8. The van der Waals surface area contributed by atoms with Crippen molar-refractivity contribution in [1.82, 2.24) is 21.3 Å². The molecule has 9 heterocycles. The van der Waals surface area contributed by atoms with Crippen LogP contribution >= 0.6 is 0 Å². The average molecular weight is 1880 g/mol. The Morgan fingerprint density at radius 1 is 0.318 bits per heavy atom. The maximum atomic E-state index is 13.7. The molecule has 50 heteroatoms. The number of carbonyl (C=O) groups is 4. The van der Waals surface area contributed by atoms with Gasteiger partial charge in [0.15, 0.2) is 56.6 Å². The summed E-state index contributed by atoms with van der Waals surface area (Å²) in [7, 11) is 0. The Kier molecular flexibility index (Phi) is 43.3. The van der Waals surface area contributed by atoms with Crippen LogP contribution in [0.5, 0.6) is 0 Å². The number of aliphatic hydroxyl groups excluding tert-OH is 24. The van der Waals surface area contributed by atoms with Gasteiger partial charge in [0, 0.05) is 20.8 Å². The SMILES string of the molecule is CCCCCCCCCCCCC/C=C/[C@@H](O)[C@H](CO[C@@H]1O[C@H](CO)[C@@H](O[C@@H]2O[C@H](CO)[C@H](O)[C@H](O[C@@H]3O[C@H](CO)[C@@H](O[C@@H]4O[C@H](CO)[C@H](O)[C@H](O[C@H]5O[C@H](CO)[C@H](O)[C@H](O[C@@H]6O[C@H](CO)[C@H](O)[C@H](O[C@H]7O[C@H](CO)[C@H](O)[C@H](O)[C@H]7NC(C)=O)[C@H]6O[C@@H]6O[C@@H](C)[C@@H](O)[C@@H](O)[C@@H]6O)[C@H]5NC(C)=O)[C@H]4O[C@@H]4O[C@@H](C)[C@@H](O)[C@@H](O)[C@@H]4O)[C@H](O)[C@H]3NC(C)=O)[C@H]2O)[C@H](O)[C@H]1O)NC=O. The number of amides is 4. The minimum atomic E-state index is -2.38. The molecule has 9 aliphatic heterocycles. The fourth-order valence-electron chi connectivity index (χ4n) is 17.0. The molecule has 47 atom stereocenters. The number of nitrogens with one attached hydrogen (secondary N) is 4. The predicted molar refractivity (Wildman–Crippen MR) is 422 cm³/mol. The molecule has 9 fully saturated rings. The lowest BCUT2D eigenvalue weighted by Crippen LogP contribution is -2.72. The third kappa shape index (κ3) is 27.1. The van der Waals surface area contributed by atoms with Gasteiger partial charge in [-0.1, -0.05) is 83.3 Å². The highest BCUT2D eigenvalue weighted by molar-refractivity contribution is 5.74. The van der Waals surface area contributed by atoms with E-state index in [0.29, 0.717) is 12.8 Å². The van der Waals surface area contributed by atoms with Crippen LogP contribution in [-0.4, -0.2) is 488 Å². The maximum Gasteiger partial charge on any atom is 0.217 e. The standard InChI is InChI=1S/C79H136N4O46/c1-7-8-9-10-11-12-13-14-15-16-17-18-19-20-36(95)35(80-29-91)28-112-74-61(110)58(107)64(43(27-90)121-74)122-77-62(111)66(51(100)39(23-86)117-77)125-72-45(82-33(5)93)55(104)63(42(26-89)120-72)123-78-69(128-75-59(108)56(105)47(96)30(2)113-75)68(53(102)40(24-87)118-78)127-73-46(83-34(6)94)65(50(99)38(22-85)116-73)124-79-70(129-76-60(109)57(106)48(97)31(3)114-76)67(52(101)41(25-88)119-79)126-71-44(81-32(4)92)54(103)49(98)37(21-84)115-71/h19-20,29-31,35-79,84-90,95-111H,7-18,21-28H2,1-6H3,(H,80,91)(H,81,92)(H,82,93)(H,83,94)/b20-19+/t30-,31-,35-,36+,37+,38+,39+,40+,41+,42+,43+,44+,45+,46+,47+,48+,49-,50-,51-,52-,53-,54+,55+,56+,57+,58+,59-,60-,61+,62+,63+,64+,65+,66-,67-,68-,69+,70+,71+,72-,73+,74+,75-,76-,77-,78-,79-/m0/s1. The second-order valence-electron chi connectivity index (χ2n) is 33.8. The van der Waals surface area contributed by atoms with E-state index in [1.165, 1.54) is 58.4 Å². The highest BCUT2D eigenvalue weighted by Gasteiger charge is 2.62. The van der Waals surface area contributed by atoms with Crippen LogP contribution in [0.25, 0.3) is 0 Å². The summed E-state index contributed by atoms with van der Waals surface area (Å²) in [6.45, 7) is -1.05. The van der Waals surface area contributed by atoms with E-state index < -0.39 is 359 Å². The summed E-state index contributed by atoms with van der Waals surface area (Å²) in [5.41, 5.74) is 0. The van der Waals surface area contributed by atoms with Crippen molar-refractivity contribution < 1.29 is 227 Å². The number of ether oxygens (including phenoxy) is 18. The first kappa shape index (κ1) is 109. The third-order valence-corrected chi connectivity index (χ3v) is 24.3. The molecule has 0 aromatic rings. The summed E-state index contributed by atoms with van der Waals surface area (Å²) >= 11 is 0. The van der Waals surface area contributed by atoms with E-state index in [1.807, 2.05) is 0 Å². The van der Waals surface area contributed by atoms with Crippen molar-refractivity contribution in [2.24, 2.45) is 0 Å². The molecule has 9 aliphatic rings. The first-order chi connectivity index (χ1) is 61.5. The highest BCUT2D eigenvalue weighted by Crippen LogP contribution is 2.42. The molecule has 0 aliphatic carbocycles. The molecule has 129 heavy (non-hydrogen) atoms. The molecule has 0 saturated carbocycles. The monoisotopic (exact) mass is 1880 g/mol. The molecule has 0 radical (unpaired) electrons. The number of allylic oxidation sites excluding steroid dienone is 1. The molecule has 0 aromatic heterocycles. The molecule has 0 unspecified atom stereocenters. The number of carbonyl (C=O) groups excluding carboxylic acids is 4. The number of hydrogen-bond donors (Lipinski definition) is 28. The lowest BCUT2D eigenvalue weighted by molar-refractivity contribution is -0.409. The molecule has 0 bridgehead atoms. The molecule has 0 spiro atoms. The molecule has 9 rings (SSSR count). The van der Waals surface area contributed by atoms with Crippen LogP contribution in [0.15, 0.2) is 12.2 Å². The first-order valence-corrected chi connectivity index (χ1v) is 43.7. The lowest BCUT2D eigenvalue weighted by atomic mass is 9.93. The molecule has 50 nitrogen and oxygen atoms in total. The Morgan fingerprint density at radius 2 is 0.643 bits per heavy atom. The van der Waals surface area contributed by atoms with E-state index in [1.54, 1.807) is 6.08 Å². The smallest absolute Gasteiger partial charge is 0.217 e. The van der Waals surface area contributed by atoms with Gasteiger partial charge in [0.2, 0.25) is 24.1 Å². The zero-order chi connectivity index (χ0) is 94.7. The Bertz CT molecular complexity index is 3350. The van der Waals surface area contributed by atoms with E-state index in [9.17, 15) is 142 Å². The fourth-order valence-corrected chi connectivity index (χ4v) is 17.0. The van der Waals surface area contributed by atoms with Gasteiger partial charge in [-0.2, -0.15) is 0 Å². The third-order valence-electron chi connectivity index (χ3n) is 24.3. The fraction of sp³-hybridized carbons (Fsp3) is 0.924. The van der Waals surface area contributed by atoms with Gasteiger partial charge < -0.3 is 229 Å². The summed E-state index contributed by atoms with van der Waals surface area (Å²) in [6, 6.07) is -7.05. The molecule has 748 valence electrons. The van der Waals surface area contributed by atoms with Gasteiger partial charge in [-0.15, -0.1) is 0 Å². The van der Waals surface area contributed by atoms with Crippen LogP contribution in [0.3, 0.4) is 0 Å². The maximum absolute atomic E-state index is 13.7. The summed E-state index contributed by atoms with van der Waals surface area (Å²) in [6.07, 6.45) is -71.6. The predicted octanol–water partition coefficient (Wildman–Crippen LogP) is -13.4.